The number of benzene rings is 7. The zero-order valence-electron chi connectivity index (χ0n) is 26.5. The summed E-state index contributed by atoms with van der Waals surface area (Å²) < 4.78 is 2.59. The van der Waals surface area contributed by atoms with E-state index < -0.39 is 0 Å². The van der Waals surface area contributed by atoms with Gasteiger partial charge in [0.1, 0.15) is 0 Å². The first-order valence-electron chi connectivity index (χ1n) is 16.4. The summed E-state index contributed by atoms with van der Waals surface area (Å²) in [5, 5.41) is 2.60. The van der Waals surface area contributed by atoms with Gasteiger partial charge in [0.05, 0.1) is 0 Å². The van der Waals surface area contributed by atoms with Gasteiger partial charge in [-0.1, -0.05) is 164 Å². The van der Waals surface area contributed by atoms with Crippen LogP contribution in [0.5, 0.6) is 0 Å². The van der Waals surface area contributed by atoms with Crippen LogP contribution in [0.3, 0.4) is 0 Å². The van der Waals surface area contributed by atoms with E-state index in [4.69, 9.17) is 15.0 Å². The average Bonchev–Trinajstić information content (AvgIpc) is 3.58. The number of hydrogen-bond acceptors (Lipinski definition) is 4. The van der Waals surface area contributed by atoms with E-state index in [0.29, 0.717) is 17.5 Å². The maximum absolute atomic E-state index is 5.03. The zero-order chi connectivity index (χ0) is 32.6. The Labute approximate surface area is 288 Å². The Kier molecular flexibility index (Phi) is 7.34. The lowest BCUT2D eigenvalue weighted by atomic mass is 9.97. The number of rotatable bonds is 6. The molecule has 0 aliphatic rings. The standard InChI is InChI=1S/C45H29N3S/c1-4-13-30(14-5-1)35-19-10-20-36(29-35)45-47-43(33-17-8-3-9-18-33)46-44(48-45)34-27-25-32(26-28-34)38-22-11-23-39-41-37(31-15-6-2-7-16-31)21-12-24-40(41)49-42(38)39/h1-29H. The van der Waals surface area contributed by atoms with Crippen molar-refractivity contribution in [3.05, 3.63) is 176 Å². The van der Waals surface area contributed by atoms with Gasteiger partial charge in [-0.05, 0) is 45.5 Å². The first-order valence-corrected chi connectivity index (χ1v) is 17.2. The van der Waals surface area contributed by atoms with Gasteiger partial charge in [-0.3, -0.25) is 0 Å². The maximum Gasteiger partial charge on any atom is 0.164 e. The van der Waals surface area contributed by atoms with Crippen LogP contribution in [-0.4, -0.2) is 15.0 Å². The zero-order valence-corrected chi connectivity index (χ0v) is 27.3. The van der Waals surface area contributed by atoms with Crippen LogP contribution < -0.4 is 0 Å². The van der Waals surface area contributed by atoms with Crippen LogP contribution in [0.2, 0.25) is 0 Å². The fraction of sp³-hybridized carbons (Fsp3) is 0. The lowest BCUT2D eigenvalue weighted by Crippen LogP contribution is -2.00. The summed E-state index contributed by atoms with van der Waals surface area (Å²) in [5.74, 6) is 1.95. The summed E-state index contributed by atoms with van der Waals surface area (Å²) in [6.45, 7) is 0. The van der Waals surface area contributed by atoms with Crippen molar-refractivity contribution in [2.75, 3.05) is 0 Å². The molecule has 4 heteroatoms. The van der Waals surface area contributed by atoms with E-state index in [2.05, 4.69) is 140 Å². The molecule has 0 aliphatic heterocycles. The Balaban J connectivity index is 1.13. The molecule has 0 saturated carbocycles. The monoisotopic (exact) mass is 643 g/mol. The highest BCUT2D eigenvalue weighted by molar-refractivity contribution is 7.26. The third-order valence-electron chi connectivity index (χ3n) is 8.96. The van der Waals surface area contributed by atoms with E-state index in [0.717, 1.165) is 33.4 Å². The van der Waals surface area contributed by atoms with Gasteiger partial charge in [-0.15, -0.1) is 11.3 Å². The second-order valence-electron chi connectivity index (χ2n) is 12.0. The maximum atomic E-state index is 5.03. The van der Waals surface area contributed by atoms with Crippen molar-refractivity contribution < 1.29 is 0 Å². The van der Waals surface area contributed by atoms with Crippen LogP contribution in [0.25, 0.3) is 87.7 Å². The SMILES string of the molecule is c1ccc(-c2cccc(-c3nc(-c4ccccc4)nc(-c4ccc(-c5cccc6c5sc5cccc(-c7ccccc7)c56)cc4)n3)c2)cc1. The second kappa shape index (κ2) is 12.4. The van der Waals surface area contributed by atoms with Crippen LogP contribution in [-0.2, 0) is 0 Å². The predicted molar refractivity (Wildman–Crippen MR) is 205 cm³/mol. The van der Waals surface area contributed by atoms with E-state index >= 15 is 0 Å². The molecule has 0 N–H and O–H groups in total. The van der Waals surface area contributed by atoms with Crippen molar-refractivity contribution in [1.82, 2.24) is 15.0 Å². The number of nitrogens with zero attached hydrogens (tertiary/aromatic N) is 3. The molecular weight excluding hydrogens is 615 g/mol. The van der Waals surface area contributed by atoms with Gasteiger partial charge in [-0.2, -0.15) is 0 Å². The van der Waals surface area contributed by atoms with E-state index in [1.807, 2.05) is 47.7 Å². The Morgan fingerprint density at radius 3 is 1.49 bits per heavy atom. The third-order valence-corrected chi connectivity index (χ3v) is 10.2. The molecule has 9 rings (SSSR count). The second-order valence-corrected chi connectivity index (χ2v) is 13.1. The number of thiophene rings is 1. The average molecular weight is 644 g/mol. The van der Waals surface area contributed by atoms with Gasteiger partial charge in [-0.25, -0.2) is 15.0 Å². The van der Waals surface area contributed by atoms with Crippen molar-refractivity contribution in [1.29, 1.82) is 0 Å². The molecule has 7 aromatic carbocycles. The fourth-order valence-electron chi connectivity index (χ4n) is 6.55. The van der Waals surface area contributed by atoms with Gasteiger partial charge in [0.25, 0.3) is 0 Å². The first kappa shape index (κ1) is 29.0. The van der Waals surface area contributed by atoms with Crippen molar-refractivity contribution in [3.8, 4) is 67.5 Å². The number of aromatic nitrogens is 3. The third kappa shape index (κ3) is 5.48. The van der Waals surface area contributed by atoms with Gasteiger partial charge >= 0.3 is 0 Å². The van der Waals surface area contributed by atoms with E-state index in [-0.39, 0.29) is 0 Å². The molecular formula is C45H29N3S. The normalized spacial score (nSPS) is 11.3. The van der Waals surface area contributed by atoms with Crippen molar-refractivity contribution in [2.45, 2.75) is 0 Å². The molecule has 0 fully saturated rings. The molecule has 230 valence electrons. The summed E-state index contributed by atoms with van der Waals surface area (Å²) in [7, 11) is 0. The van der Waals surface area contributed by atoms with Gasteiger partial charge in [0.2, 0.25) is 0 Å². The van der Waals surface area contributed by atoms with Crippen LogP contribution >= 0.6 is 11.3 Å². The molecule has 0 spiro atoms. The minimum Gasteiger partial charge on any atom is -0.208 e. The Hall–Kier alpha value is -6.23. The van der Waals surface area contributed by atoms with Gasteiger partial charge in [0, 0.05) is 36.9 Å². The summed E-state index contributed by atoms with van der Waals surface area (Å²) in [6, 6.07) is 61.5. The molecule has 49 heavy (non-hydrogen) atoms. The van der Waals surface area contributed by atoms with Crippen LogP contribution in [0.15, 0.2) is 176 Å². The number of fused-ring (bicyclic) bond motifs is 3. The Morgan fingerprint density at radius 2 is 0.796 bits per heavy atom. The minimum absolute atomic E-state index is 0.646. The number of hydrogen-bond donors (Lipinski definition) is 0. The molecule has 2 heterocycles. The predicted octanol–water partition coefficient (Wildman–Crippen LogP) is 12.2. The summed E-state index contributed by atoms with van der Waals surface area (Å²) in [4.78, 5) is 15.0. The van der Waals surface area contributed by atoms with E-state index in [1.165, 1.54) is 36.9 Å². The first-order chi connectivity index (χ1) is 24.3. The molecule has 0 atom stereocenters. The smallest absolute Gasteiger partial charge is 0.164 e. The van der Waals surface area contributed by atoms with E-state index in [9.17, 15) is 0 Å². The minimum atomic E-state index is 0.646. The van der Waals surface area contributed by atoms with Crippen molar-refractivity contribution in [3.63, 3.8) is 0 Å². The largest absolute Gasteiger partial charge is 0.208 e. The molecule has 3 nitrogen and oxygen atoms in total. The molecule has 2 aromatic heterocycles. The highest BCUT2D eigenvalue weighted by atomic mass is 32.1. The lowest BCUT2D eigenvalue weighted by molar-refractivity contribution is 1.07. The van der Waals surface area contributed by atoms with Gasteiger partial charge in [0.15, 0.2) is 17.5 Å². The summed E-state index contributed by atoms with van der Waals surface area (Å²) in [5.41, 5.74) is 10.0. The van der Waals surface area contributed by atoms with Crippen molar-refractivity contribution in [2.24, 2.45) is 0 Å². The topological polar surface area (TPSA) is 38.7 Å². The lowest BCUT2D eigenvalue weighted by Gasteiger charge is -2.10. The highest BCUT2D eigenvalue weighted by Crippen LogP contribution is 2.44. The molecule has 0 amide bonds. The van der Waals surface area contributed by atoms with E-state index in [1.54, 1.807) is 0 Å². The summed E-state index contributed by atoms with van der Waals surface area (Å²) >= 11 is 1.86. The summed E-state index contributed by atoms with van der Waals surface area (Å²) in [6.07, 6.45) is 0. The molecule has 0 radical (unpaired) electrons. The van der Waals surface area contributed by atoms with Crippen LogP contribution in [0.4, 0.5) is 0 Å². The van der Waals surface area contributed by atoms with Gasteiger partial charge < -0.3 is 0 Å². The van der Waals surface area contributed by atoms with Crippen LogP contribution in [0.1, 0.15) is 0 Å². The molecule has 9 aromatic rings. The quantitative estimate of drug-likeness (QED) is 0.181. The molecule has 0 aliphatic carbocycles. The van der Waals surface area contributed by atoms with Crippen LogP contribution in [0, 0.1) is 0 Å². The Morgan fingerprint density at radius 1 is 0.327 bits per heavy atom. The highest BCUT2D eigenvalue weighted by Gasteiger charge is 2.16. The van der Waals surface area contributed by atoms with Crippen molar-refractivity contribution >= 4 is 31.5 Å². The fourth-order valence-corrected chi connectivity index (χ4v) is 7.82. The molecule has 0 bridgehead atoms. The Bertz CT molecular complexity index is 2580. The molecule has 0 unspecified atom stereocenters. The molecule has 0 saturated heterocycles.